The number of aromatic nitrogens is 1. The zero-order valence-corrected chi connectivity index (χ0v) is 11.0. The lowest BCUT2D eigenvalue weighted by Gasteiger charge is -2.06. The molecule has 1 heterocycles. The summed E-state index contributed by atoms with van der Waals surface area (Å²) < 4.78 is 6.20. The summed E-state index contributed by atoms with van der Waals surface area (Å²) in [7, 11) is 0. The Morgan fingerprint density at radius 1 is 1.44 bits per heavy atom. The molecular formula is C11H12IN3O. The van der Waals surface area contributed by atoms with Crippen molar-refractivity contribution in [2.45, 2.75) is 13.5 Å². The van der Waals surface area contributed by atoms with E-state index in [9.17, 15) is 0 Å². The predicted octanol–water partition coefficient (Wildman–Crippen LogP) is 2.78. The zero-order chi connectivity index (χ0) is 11.5. The Hall–Kier alpha value is -1.24. The van der Waals surface area contributed by atoms with Crippen molar-refractivity contribution in [3.8, 4) is 0 Å². The minimum absolute atomic E-state index is 0.626. The molecule has 1 aromatic heterocycles. The summed E-state index contributed by atoms with van der Waals surface area (Å²) in [5, 5.41) is 7.10. The number of rotatable bonds is 3. The number of hydrogen-bond acceptors (Lipinski definition) is 4. The van der Waals surface area contributed by atoms with Gasteiger partial charge in [0.1, 0.15) is 0 Å². The summed E-state index contributed by atoms with van der Waals surface area (Å²) in [4.78, 5) is 0. The van der Waals surface area contributed by atoms with Crippen LogP contribution in [-0.4, -0.2) is 5.16 Å². The van der Waals surface area contributed by atoms with Crippen molar-refractivity contribution in [2.75, 3.05) is 11.1 Å². The van der Waals surface area contributed by atoms with Gasteiger partial charge in [0, 0.05) is 21.0 Å². The smallest absolute Gasteiger partial charge is 0.156 e. The molecule has 3 N–H and O–H groups in total. The van der Waals surface area contributed by atoms with Crippen LogP contribution < -0.4 is 11.1 Å². The number of anilines is 2. The topological polar surface area (TPSA) is 64.1 Å². The van der Waals surface area contributed by atoms with Crippen LogP contribution in [0.15, 0.2) is 28.8 Å². The molecule has 0 radical (unpaired) electrons. The summed E-state index contributed by atoms with van der Waals surface area (Å²) in [5.74, 6) is 0.824. The van der Waals surface area contributed by atoms with Crippen LogP contribution in [-0.2, 0) is 6.54 Å². The molecule has 0 aliphatic rings. The fourth-order valence-corrected chi connectivity index (χ4v) is 2.09. The molecule has 0 aliphatic heterocycles. The third kappa shape index (κ3) is 2.66. The van der Waals surface area contributed by atoms with Gasteiger partial charge in [-0.05, 0) is 47.7 Å². The maximum Gasteiger partial charge on any atom is 0.156 e. The summed E-state index contributed by atoms with van der Waals surface area (Å²) in [5.41, 5.74) is 8.38. The number of nitrogens with two attached hydrogens (primary N) is 1. The number of aryl methyl sites for hydroxylation is 1. The lowest BCUT2D eigenvalue weighted by Crippen LogP contribution is -2.00. The van der Waals surface area contributed by atoms with Crippen molar-refractivity contribution in [3.63, 3.8) is 0 Å². The second kappa shape index (κ2) is 4.73. The van der Waals surface area contributed by atoms with Gasteiger partial charge < -0.3 is 15.6 Å². The molecule has 0 spiro atoms. The van der Waals surface area contributed by atoms with Gasteiger partial charge in [-0.3, -0.25) is 0 Å². The average molecular weight is 329 g/mol. The second-order valence-corrected chi connectivity index (χ2v) is 4.69. The molecule has 0 bridgehead atoms. The highest BCUT2D eigenvalue weighted by Crippen LogP contribution is 2.21. The van der Waals surface area contributed by atoms with Gasteiger partial charge in [-0.25, -0.2) is 0 Å². The molecule has 0 unspecified atom stereocenters. The molecule has 84 valence electrons. The van der Waals surface area contributed by atoms with Crippen LogP contribution in [0.3, 0.4) is 0 Å². The van der Waals surface area contributed by atoms with Crippen LogP contribution in [0.5, 0.6) is 0 Å². The van der Waals surface area contributed by atoms with Crippen molar-refractivity contribution in [1.29, 1.82) is 0 Å². The second-order valence-electron chi connectivity index (χ2n) is 3.53. The standard InChI is InChI=1S/C11H12IN3O/c1-7-4-9(16-15-7)6-14-11-3-2-8(13)5-10(11)12/h2-5,14H,6,13H2,1H3. The van der Waals surface area contributed by atoms with E-state index in [0.29, 0.717) is 6.54 Å². The first kappa shape index (κ1) is 11.3. The normalized spacial score (nSPS) is 10.4. The molecule has 0 saturated heterocycles. The lowest BCUT2D eigenvalue weighted by molar-refractivity contribution is 0.384. The van der Waals surface area contributed by atoms with Gasteiger partial charge in [0.25, 0.3) is 0 Å². The fraction of sp³-hybridized carbons (Fsp3) is 0.182. The molecule has 1 aromatic carbocycles. The Balaban J connectivity index is 2.04. The number of benzene rings is 1. The number of nitrogens with zero attached hydrogens (tertiary/aromatic N) is 1. The molecule has 4 nitrogen and oxygen atoms in total. The summed E-state index contributed by atoms with van der Waals surface area (Å²) >= 11 is 2.25. The van der Waals surface area contributed by atoms with Gasteiger partial charge in [-0.15, -0.1) is 0 Å². The van der Waals surface area contributed by atoms with Gasteiger partial charge >= 0.3 is 0 Å². The molecule has 0 atom stereocenters. The zero-order valence-electron chi connectivity index (χ0n) is 8.83. The van der Waals surface area contributed by atoms with Gasteiger partial charge in [0.2, 0.25) is 0 Å². The third-order valence-electron chi connectivity index (χ3n) is 2.12. The largest absolute Gasteiger partial charge is 0.399 e. The summed E-state index contributed by atoms with van der Waals surface area (Å²) in [6.45, 7) is 2.53. The van der Waals surface area contributed by atoms with E-state index in [0.717, 1.165) is 26.4 Å². The van der Waals surface area contributed by atoms with Crippen LogP contribution in [0, 0.1) is 10.5 Å². The molecule has 0 fully saturated rings. The summed E-state index contributed by atoms with van der Waals surface area (Å²) in [6, 6.07) is 7.67. The van der Waals surface area contributed by atoms with Crippen LogP contribution in [0.25, 0.3) is 0 Å². The maximum atomic E-state index is 5.68. The molecule has 5 heteroatoms. The minimum Gasteiger partial charge on any atom is -0.399 e. The van der Waals surface area contributed by atoms with Crippen molar-refractivity contribution in [1.82, 2.24) is 5.16 Å². The van der Waals surface area contributed by atoms with E-state index in [-0.39, 0.29) is 0 Å². The van der Waals surface area contributed by atoms with E-state index >= 15 is 0 Å². The monoisotopic (exact) mass is 329 g/mol. The number of nitrogen functional groups attached to an aromatic ring is 1. The van der Waals surface area contributed by atoms with Gasteiger partial charge in [-0.1, -0.05) is 5.16 Å². The highest BCUT2D eigenvalue weighted by atomic mass is 127. The van der Waals surface area contributed by atoms with Crippen LogP contribution in [0.1, 0.15) is 11.5 Å². The molecule has 2 aromatic rings. The highest BCUT2D eigenvalue weighted by Gasteiger charge is 2.03. The number of nitrogens with one attached hydrogen (secondary N) is 1. The van der Waals surface area contributed by atoms with Gasteiger partial charge in [0.05, 0.1) is 12.2 Å². The number of halogens is 1. The van der Waals surface area contributed by atoms with E-state index < -0.39 is 0 Å². The number of hydrogen-bond donors (Lipinski definition) is 2. The third-order valence-corrected chi connectivity index (χ3v) is 3.02. The first-order chi connectivity index (χ1) is 7.65. The van der Waals surface area contributed by atoms with E-state index in [1.54, 1.807) is 0 Å². The molecule has 2 rings (SSSR count). The molecule has 16 heavy (non-hydrogen) atoms. The Morgan fingerprint density at radius 2 is 2.25 bits per heavy atom. The van der Waals surface area contributed by atoms with E-state index in [4.69, 9.17) is 10.3 Å². The SMILES string of the molecule is Cc1cc(CNc2ccc(N)cc2I)on1. The first-order valence-electron chi connectivity index (χ1n) is 4.86. The molecule has 0 saturated carbocycles. The predicted molar refractivity (Wildman–Crippen MR) is 72.1 cm³/mol. The molecule has 0 aliphatic carbocycles. The van der Waals surface area contributed by atoms with Crippen molar-refractivity contribution in [3.05, 3.63) is 39.3 Å². The van der Waals surface area contributed by atoms with E-state index in [1.807, 2.05) is 31.2 Å². The fourth-order valence-electron chi connectivity index (χ4n) is 1.36. The Kier molecular flexibility index (Phi) is 3.33. The van der Waals surface area contributed by atoms with Crippen LogP contribution >= 0.6 is 22.6 Å². The lowest BCUT2D eigenvalue weighted by atomic mass is 10.3. The van der Waals surface area contributed by atoms with Gasteiger partial charge in [0.15, 0.2) is 5.76 Å². The Morgan fingerprint density at radius 3 is 2.88 bits per heavy atom. The van der Waals surface area contributed by atoms with Crippen molar-refractivity contribution in [2.24, 2.45) is 0 Å². The average Bonchev–Trinajstić information content (AvgIpc) is 2.63. The quantitative estimate of drug-likeness (QED) is 0.671. The van der Waals surface area contributed by atoms with Crippen LogP contribution in [0.4, 0.5) is 11.4 Å². The Bertz CT molecular complexity index is 496. The Labute approximate surface area is 107 Å². The van der Waals surface area contributed by atoms with Gasteiger partial charge in [-0.2, -0.15) is 0 Å². The first-order valence-corrected chi connectivity index (χ1v) is 5.94. The van der Waals surface area contributed by atoms with E-state index in [1.165, 1.54) is 0 Å². The maximum absolute atomic E-state index is 5.68. The van der Waals surface area contributed by atoms with Crippen LogP contribution in [0.2, 0.25) is 0 Å². The van der Waals surface area contributed by atoms with E-state index in [2.05, 4.69) is 33.1 Å². The highest BCUT2D eigenvalue weighted by molar-refractivity contribution is 14.1. The van der Waals surface area contributed by atoms with Crippen molar-refractivity contribution < 1.29 is 4.52 Å². The molecule has 0 amide bonds. The summed E-state index contributed by atoms with van der Waals surface area (Å²) in [6.07, 6.45) is 0. The minimum atomic E-state index is 0.626. The van der Waals surface area contributed by atoms with Crippen molar-refractivity contribution >= 4 is 34.0 Å². The molecular weight excluding hydrogens is 317 g/mol.